The monoisotopic (exact) mass is 445 g/mol. The first-order chi connectivity index (χ1) is 15.4. The van der Waals surface area contributed by atoms with Crippen LogP contribution < -0.4 is 0 Å². The van der Waals surface area contributed by atoms with Crippen LogP contribution in [-0.4, -0.2) is 32.5 Å². The van der Waals surface area contributed by atoms with Crippen LogP contribution in [0.15, 0.2) is 54.9 Å². The fourth-order valence-corrected chi connectivity index (χ4v) is 4.66. The van der Waals surface area contributed by atoms with Crippen LogP contribution in [-0.2, 0) is 11.3 Å². The highest BCUT2D eigenvalue weighted by Gasteiger charge is 2.39. The van der Waals surface area contributed by atoms with E-state index in [1.165, 1.54) is 0 Å². The Morgan fingerprint density at radius 3 is 2.81 bits per heavy atom. The lowest BCUT2D eigenvalue weighted by Gasteiger charge is -2.22. The molecule has 2 aliphatic rings. The summed E-state index contributed by atoms with van der Waals surface area (Å²) in [5.41, 5.74) is 3.37. The molecule has 2 aromatic carbocycles. The topological polar surface area (TPSA) is 47.4 Å². The molecule has 0 saturated carbocycles. The summed E-state index contributed by atoms with van der Waals surface area (Å²) in [5, 5.41) is 0.461. The Kier molecular flexibility index (Phi) is 5.28. The maximum absolute atomic E-state index is 13.3. The first-order valence-corrected chi connectivity index (χ1v) is 11.2. The van der Waals surface area contributed by atoms with Gasteiger partial charge in [0.05, 0.1) is 34.6 Å². The van der Waals surface area contributed by atoms with Crippen molar-refractivity contribution in [1.82, 2.24) is 14.5 Å². The number of carbonyl (C=O) groups is 1. The molecule has 6 heteroatoms. The number of fused-ring (bicyclic) bond motifs is 5. The minimum absolute atomic E-state index is 0.0257. The number of rotatable bonds is 3. The van der Waals surface area contributed by atoms with Crippen molar-refractivity contribution in [3.63, 3.8) is 0 Å². The van der Waals surface area contributed by atoms with Gasteiger partial charge in [0.1, 0.15) is 17.6 Å². The third-order valence-electron chi connectivity index (χ3n) is 6.02. The number of benzene rings is 2. The van der Waals surface area contributed by atoms with E-state index in [-0.39, 0.29) is 11.9 Å². The first kappa shape index (κ1) is 20.8. The fraction of sp³-hybridized carbons (Fsp3) is 0.308. The molecule has 0 aliphatic carbocycles. The van der Waals surface area contributed by atoms with Gasteiger partial charge in [0.15, 0.2) is 0 Å². The second kappa shape index (κ2) is 8.12. The summed E-state index contributed by atoms with van der Waals surface area (Å²) in [6.07, 6.45) is 3.58. The predicted molar refractivity (Wildman–Crippen MR) is 124 cm³/mol. The second-order valence-corrected chi connectivity index (χ2v) is 9.08. The average Bonchev–Trinajstić information content (AvgIpc) is 3.41. The van der Waals surface area contributed by atoms with E-state index >= 15 is 0 Å². The van der Waals surface area contributed by atoms with E-state index in [0.29, 0.717) is 29.4 Å². The molecule has 0 unspecified atom stereocenters. The maximum atomic E-state index is 13.3. The summed E-state index contributed by atoms with van der Waals surface area (Å²) < 4.78 is 8.05. The van der Waals surface area contributed by atoms with Crippen molar-refractivity contribution in [3.05, 3.63) is 82.4 Å². The van der Waals surface area contributed by atoms with E-state index in [9.17, 15) is 4.79 Å². The Morgan fingerprint density at radius 2 is 2.00 bits per heavy atom. The van der Waals surface area contributed by atoms with Crippen molar-refractivity contribution in [2.45, 2.75) is 44.9 Å². The molecule has 0 radical (unpaired) electrons. The zero-order valence-corrected chi connectivity index (χ0v) is 18.9. The molecule has 5 nitrogen and oxygen atoms in total. The van der Waals surface area contributed by atoms with E-state index < -0.39 is 5.60 Å². The summed E-state index contributed by atoms with van der Waals surface area (Å²) in [4.78, 5) is 19.8. The SMILES string of the molecule is CC(C)(C#Cc1ncn2c1[C@@H]1CCCN1C(=O)c1c(Cl)cccc1-2)OCc1ccccc1. The highest BCUT2D eigenvalue weighted by atomic mass is 35.5. The minimum Gasteiger partial charge on any atom is -0.358 e. The molecule has 1 saturated heterocycles. The van der Waals surface area contributed by atoms with Crippen LogP contribution in [0, 0.1) is 11.8 Å². The van der Waals surface area contributed by atoms with Gasteiger partial charge in [-0.1, -0.05) is 53.9 Å². The van der Waals surface area contributed by atoms with Gasteiger partial charge in [0.2, 0.25) is 0 Å². The molecular weight excluding hydrogens is 422 g/mol. The molecule has 1 fully saturated rings. The number of imidazole rings is 1. The molecule has 3 heterocycles. The normalized spacial score (nSPS) is 17.2. The van der Waals surface area contributed by atoms with Gasteiger partial charge in [0, 0.05) is 6.54 Å². The van der Waals surface area contributed by atoms with Gasteiger partial charge in [0.25, 0.3) is 5.91 Å². The summed E-state index contributed by atoms with van der Waals surface area (Å²) in [7, 11) is 0. The molecule has 5 rings (SSSR count). The minimum atomic E-state index is -0.649. The number of hydrogen-bond donors (Lipinski definition) is 0. The van der Waals surface area contributed by atoms with E-state index in [0.717, 1.165) is 29.8 Å². The van der Waals surface area contributed by atoms with Gasteiger partial charge in [-0.05, 0) is 50.3 Å². The van der Waals surface area contributed by atoms with Gasteiger partial charge in [-0.2, -0.15) is 0 Å². The van der Waals surface area contributed by atoms with E-state index in [1.807, 2.05) is 65.8 Å². The molecular formula is C26H24ClN3O2. The molecule has 1 amide bonds. The number of aromatic nitrogens is 2. The van der Waals surface area contributed by atoms with Crippen LogP contribution in [0.3, 0.4) is 0 Å². The Balaban J connectivity index is 1.51. The van der Waals surface area contributed by atoms with Gasteiger partial charge in [-0.3, -0.25) is 9.36 Å². The number of amides is 1. The van der Waals surface area contributed by atoms with Crippen molar-refractivity contribution in [2.24, 2.45) is 0 Å². The highest BCUT2D eigenvalue weighted by molar-refractivity contribution is 6.34. The lowest BCUT2D eigenvalue weighted by atomic mass is 10.1. The fourth-order valence-electron chi connectivity index (χ4n) is 4.41. The lowest BCUT2D eigenvalue weighted by molar-refractivity contribution is 0.0144. The van der Waals surface area contributed by atoms with E-state index in [2.05, 4.69) is 16.8 Å². The van der Waals surface area contributed by atoms with Crippen molar-refractivity contribution >= 4 is 17.5 Å². The molecule has 1 atom stereocenters. The van der Waals surface area contributed by atoms with Crippen molar-refractivity contribution in [1.29, 1.82) is 0 Å². The van der Waals surface area contributed by atoms with Crippen LogP contribution >= 0.6 is 11.6 Å². The largest absolute Gasteiger partial charge is 0.358 e. The predicted octanol–water partition coefficient (Wildman–Crippen LogP) is 5.16. The van der Waals surface area contributed by atoms with Gasteiger partial charge in [-0.25, -0.2) is 4.98 Å². The third kappa shape index (κ3) is 3.70. The summed E-state index contributed by atoms with van der Waals surface area (Å²) >= 11 is 6.45. The molecule has 0 N–H and O–H groups in total. The van der Waals surface area contributed by atoms with E-state index in [4.69, 9.17) is 16.3 Å². The number of ether oxygens (including phenoxy) is 1. The Hall–Kier alpha value is -3.07. The summed E-state index contributed by atoms with van der Waals surface area (Å²) in [5.74, 6) is 6.48. The average molecular weight is 446 g/mol. The Morgan fingerprint density at radius 1 is 1.19 bits per heavy atom. The Labute approximate surface area is 193 Å². The quantitative estimate of drug-likeness (QED) is 0.523. The summed E-state index contributed by atoms with van der Waals surface area (Å²) in [6.45, 7) is 5.11. The van der Waals surface area contributed by atoms with Gasteiger partial charge in [-0.15, -0.1) is 0 Å². The van der Waals surface area contributed by atoms with Crippen LogP contribution in [0.5, 0.6) is 0 Å². The van der Waals surface area contributed by atoms with Gasteiger partial charge < -0.3 is 9.64 Å². The standard InChI is InChI=1S/C26H24ClN3O2/c1-26(2,32-16-18-8-4-3-5-9-18)14-13-20-24-22-12-7-15-29(22)25(31)23-19(27)10-6-11-21(23)30(24)17-28-20/h3-6,8-11,17,22H,7,12,15-16H2,1-2H3/t22-/m0/s1. The molecule has 0 bridgehead atoms. The smallest absolute Gasteiger partial charge is 0.258 e. The highest BCUT2D eigenvalue weighted by Crippen LogP contribution is 2.41. The zero-order chi connectivity index (χ0) is 22.3. The summed E-state index contributed by atoms with van der Waals surface area (Å²) in [6, 6.07) is 15.5. The van der Waals surface area contributed by atoms with E-state index in [1.54, 1.807) is 12.4 Å². The molecule has 162 valence electrons. The first-order valence-electron chi connectivity index (χ1n) is 10.8. The number of hydrogen-bond acceptors (Lipinski definition) is 3. The molecule has 2 aliphatic heterocycles. The molecule has 1 aromatic heterocycles. The molecule has 32 heavy (non-hydrogen) atoms. The van der Waals surface area contributed by atoms with Crippen LogP contribution in [0.1, 0.15) is 60.0 Å². The molecule has 3 aromatic rings. The van der Waals surface area contributed by atoms with Gasteiger partial charge >= 0.3 is 0 Å². The Bertz CT molecular complexity index is 1240. The second-order valence-electron chi connectivity index (χ2n) is 8.67. The number of halogens is 1. The van der Waals surface area contributed by atoms with Crippen molar-refractivity contribution < 1.29 is 9.53 Å². The van der Waals surface area contributed by atoms with Crippen LogP contribution in [0.2, 0.25) is 5.02 Å². The molecule has 0 spiro atoms. The lowest BCUT2D eigenvalue weighted by Crippen LogP contribution is -2.30. The third-order valence-corrected chi connectivity index (χ3v) is 6.34. The maximum Gasteiger partial charge on any atom is 0.258 e. The zero-order valence-electron chi connectivity index (χ0n) is 18.1. The van der Waals surface area contributed by atoms with Crippen molar-refractivity contribution in [3.8, 4) is 17.5 Å². The van der Waals surface area contributed by atoms with Crippen LogP contribution in [0.25, 0.3) is 5.69 Å². The van der Waals surface area contributed by atoms with Crippen LogP contribution in [0.4, 0.5) is 0 Å². The number of nitrogens with zero attached hydrogens (tertiary/aromatic N) is 3. The van der Waals surface area contributed by atoms with Crippen molar-refractivity contribution in [2.75, 3.05) is 6.54 Å². The number of carbonyl (C=O) groups excluding carboxylic acids is 1.